The van der Waals surface area contributed by atoms with Crippen molar-refractivity contribution < 1.29 is 13.9 Å². The summed E-state index contributed by atoms with van der Waals surface area (Å²) >= 11 is 0. The minimum Gasteiger partial charge on any atom is -0.442 e. The number of halogens is 1. The Balaban J connectivity index is 1.22. The number of benzene rings is 2. The van der Waals surface area contributed by atoms with Crippen molar-refractivity contribution in [3.05, 3.63) is 78.1 Å². The number of ether oxygens (including phenoxy) is 1. The molecule has 2 aromatic carbocycles. The standard InChI is InChI=1S/C22H21FN8O2/c23-21-9-18(31-14-19(33-22(31)32)13-30-8-7-25-29-30)5-6-20(21)16-3-1-15(2-4-16)10-24-11-17-12-26-28-27-17/h1-9,12,19,24H,10-11,13-14H2,(H,26,27,28). The first kappa shape index (κ1) is 20.8. The Bertz CT molecular complexity index is 1210. The highest BCUT2D eigenvalue weighted by atomic mass is 19.1. The van der Waals surface area contributed by atoms with Gasteiger partial charge in [-0.15, -0.1) is 5.10 Å². The number of carbonyl (C=O) groups excluding carboxylic acids is 1. The maximum Gasteiger partial charge on any atom is 0.414 e. The number of cyclic esters (lactones) is 1. The predicted octanol–water partition coefficient (Wildman–Crippen LogP) is 2.52. The lowest BCUT2D eigenvalue weighted by Gasteiger charge is -2.14. The van der Waals surface area contributed by atoms with Crippen molar-refractivity contribution in [1.29, 1.82) is 0 Å². The van der Waals surface area contributed by atoms with Crippen LogP contribution in [0, 0.1) is 5.82 Å². The maximum atomic E-state index is 14.9. The van der Waals surface area contributed by atoms with Crippen molar-refractivity contribution in [2.24, 2.45) is 0 Å². The maximum absolute atomic E-state index is 14.9. The normalized spacial score (nSPS) is 15.7. The molecule has 1 unspecified atom stereocenters. The van der Waals surface area contributed by atoms with E-state index in [0.29, 0.717) is 37.4 Å². The van der Waals surface area contributed by atoms with Crippen LogP contribution in [0.3, 0.4) is 0 Å². The van der Waals surface area contributed by atoms with Crippen LogP contribution in [0.4, 0.5) is 14.9 Å². The molecule has 0 aliphatic carbocycles. The Morgan fingerprint density at radius 1 is 1.18 bits per heavy atom. The zero-order valence-electron chi connectivity index (χ0n) is 17.6. The minimum atomic E-state index is -0.505. The van der Waals surface area contributed by atoms with Gasteiger partial charge in [-0.1, -0.05) is 29.5 Å². The summed E-state index contributed by atoms with van der Waals surface area (Å²) in [7, 11) is 0. The van der Waals surface area contributed by atoms with Crippen LogP contribution in [-0.4, -0.2) is 49.1 Å². The molecule has 10 nitrogen and oxygen atoms in total. The number of carbonyl (C=O) groups is 1. The van der Waals surface area contributed by atoms with Gasteiger partial charge in [0, 0.05) is 24.8 Å². The van der Waals surface area contributed by atoms with Gasteiger partial charge in [-0.05, 0) is 29.3 Å². The molecule has 1 aliphatic heterocycles. The third-order valence-electron chi connectivity index (χ3n) is 5.37. The van der Waals surface area contributed by atoms with E-state index in [1.54, 1.807) is 35.4 Å². The van der Waals surface area contributed by atoms with Gasteiger partial charge in [0.1, 0.15) is 11.9 Å². The second-order valence-corrected chi connectivity index (χ2v) is 7.67. The van der Waals surface area contributed by atoms with Crippen LogP contribution in [0.5, 0.6) is 0 Å². The largest absolute Gasteiger partial charge is 0.442 e. The zero-order chi connectivity index (χ0) is 22.6. The van der Waals surface area contributed by atoms with E-state index in [2.05, 4.69) is 31.0 Å². The van der Waals surface area contributed by atoms with Gasteiger partial charge in [-0.25, -0.2) is 13.9 Å². The Hall–Kier alpha value is -4.12. The van der Waals surface area contributed by atoms with Crippen molar-refractivity contribution in [2.75, 3.05) is 11.4 Å². The molecule has 168 valence electrons. The molecule has 1 fully saturated rings. The fourth-order valence-corrected chi connectivity index (χ4v) is 3.72. The number of hydrogen-bond acceptors (Lipinski definition) is 7. The number of aromatic amines is 1. The molecular formula is C22H21FN8O2. The van der Waals surface area contributed by atoms with Crippen molar-refractivity contribution in [2.45, 2.75) is 25.7 Å². The monoisotopic (exact) mass is 448 g/mol. The average Bonchev–Trinajstić information content (AvgIpc) is 3.58. The summed E-state index contributed by atoms with van der Waals surface area (Å²) in [5, 5.41) is 21.2. The van der Waals surface area contributed by atoms with Crippen LogP contribution in [0.25, 0.3) is 11.1 Å². The highest BCUT2D eigenvalue weighted by molar-refractivity contribution is 5.90. The minimum absolute atomic E-state index is 0.313. The number of aromatic nitrogens is 6. The van der Waals surface area contributed by atoms with Crippen LogP contribution < -0.4 is 10.2 Å². The van der Waals surface area contributed by atoms with Crippen molar-refractivity contribution in [3.63, 3.8) is 0 Å². The summed E-state index contributed by atoms with van der Waals surface area (Å²) in [6, 6.07) is 12.4. The molecule has 11 heteroatoms. The van der Waals surface area contributed by atoms with E-state index in [1.165, 1.54) is 11.0 Å². The molecule has 1 saturated heterocycles. The van der Waals surface area contributed by atoms with Crippen LogP contribution >= 0.6 is 0 Å². The Labute approximate surface area is 188 Å². The second-order valence-electron chi connectivity index (χ2n) is 7.67. The lowest BCUT2D eigenvalue weighted by molar-refractivity contribution is 0.129. The molecule has 33 heavy (non-hydrogen) atoms. The number of hydrogen-bond donors (Lipinski definition) is 2. The summed E-state index contributed by atoms with van der Waals surface area (Å²) in [6.45, 7) is 1.96. The summed E-state index contributed by atoms with van der Waals surface area (Å²) in [5.41, 5.74) is 3.58. The van der Waals surface area contributed by atoms with Gasteiger partial charge in [0.05, 0.1) is 36.9 Å². The molecule has 0 radical (unpaired) electrons. The first-order valence-electron chi connectivity index (χ1n) is 10.4. The molecule has 0 spiro atoms. The lowest BCUT2D eigenvalue weighted by Crippen LogP contribution is -2.26. The number of H-pyrrole nitrogens is 1. The molecule has 1 aliphatic rings. The van der Waals surface area contributed by atoms with Crippen molar-refractivity contribution >= 4 is 11.8 Å². The zero-order valence-corrected chi connectivity index (χ0v) is 17.6. The van der Waals surface area contributed by atoms with E-state index < -0.39 is 11.9 Å². The van der Waals surface area contributed by atoms with E-state index in [-0.39, 0.29) is 6.10 Å². The molecular weight excluding hydrogens is 427 g/mol. The molecule has 5 rings (SSSR count). The SMILES string of the molecule is O=C1OC(Cn2ccnn2)CN1c1ccc(-c2ccc(CNCc3cn[nH]n3)cc2)c(F)c1. The van der Waals surface area contributed by atoms with E-state index in [1.807, 2.05) is 24.3 Å². The fraction of sp³-hybridized carbons (Fsp3) is 0.227. The van der Waals surface area contributed by atoms with Crippen LogP contribution in [0.1, 0.15) is 11.3 Å². The molecule has 4 aromatic rings. The molecule has 1 atom stereocenters. The molecule has 0 bridgehead atoms. The smallest absolute Gasteiger partial charge is 0.414 e. The van der Waals surface area contributed by atoms with Gasteiger partial charge in [-0.3, -0.25) is 4.90 Å². The number of nitrogens with one attached hydrogen (secondary N) is 2. The van der Waals surface area contributed by atoms with Gasteiger partial charge in [-0.2, -0.15) is 15.4 Å². The Kier molecular flexibility index (Phi) is 5.77. The highest BCUT2D eigenvalue weighted by Gasteiger charge is 2.33. The van der Waals surface area contributed by atoms with E-state index in [0.717, 1.165) is 16.8 Å². The van der Waals surface area contributed by atoms with Crippen LogP contribution in [-0.2, 0) is 24.4 Å². The fourth-order valence-electron chi connectivity index (χ4n) is 3.72. The Morgan fingerprint density at radius 2 is 2.06 bits per heavy atom. The van der Waals surface area contributed by atoms with Gasteiger partial charge in [0.25, 0.3) is 0 Å². The Morgan fingerprint density at radius 3 is 2.79 bits per heavy atom. The first-order chi connectivity index (χ1) is 16.2. The second kappa shape index (κ2) is 9.17. The van der Waals surface area contributed by atoms with Crippen molar-refractivity contribution in [3.8, 4) is 11.1 Å². The van der Waals surface area contributed by atoms with Crippen LogP contribution in [0.15, 0.2) is 61.1 Å². The summed E-state index contributed by atoms with van der Waals surface area (Å²) in [5.74, 6) is -0.406. The number of amides is 1. The summed E-state index contributed by atoms with van der Waals surface area (Å²) in [6.07, 6.45) is 4.04. The first-order valence-corrected chi connectivity index (χ1v) is 10.4. The van der Waals surface area contributed by atoms with E-state index >= 15 is 0 Å². The van der Waals surface area contributed by atoms with Crippen LogP contribution in [0.2, 0.25) is 0 Å². The highest BCUT2D eigenvalue weighted by Crippen LogP contribution is 2.29. The molecule has 2 N–H and O–H groups in total. The van der Waals surface area contributed by atoms with E-state index in [4.69, 9.17) is 4.74 Å². The number of nitrogens with zero attached hydrogens (tertiary/aromatic N) is 6. The molecule has 3 heterocycles. The number of rotatable bonds is 8. The van der Waals surface area contributed by atoms with E-state index in [9.17, 15) is 9.18 Å². The topological polar surface area (TPSA) is 114 Å². The number of anilines is 1. The summed E-state index contributed by atoms with van der Waals surface area (Å²) in [4.78, 5) is 13.7. The summed E-state index contributed by atoms with van der Waals surface area (Å²) < 4.78 is 21.9. The van der Waals surface area contributed by atoms with Gasteiger partial charge in [0.2, 0.25) is 0 Å². The quantitative estimate of drug-likeness (QED) is 0.426. The average molecular weight is 448 g/mol. The third kappa shape index (κ3) is 4.72. The lowest BCUT2D eigenvalue weighted by atomic mass is 10.0. The van der Waals surface area contributed by atoms with Gasteiger partial charge in [0.15, 0.2) is 0 Å². The predicted molar refractivity (Wildman–Crippen MR) is 116 cm³/mol. The van der Waals surface area contributed by atoms with Gasteiger partial charge < -0.3 is 10.1 Å². The third-order valence-corrected chi connectivity index (χ3v) is 5.37. The van der Waals surface area contributed by atoms with Gasteiger partial charge >= 0.3 is 6.09 Å². The molecule has 1 amide bonds. The molecule has 2 aromatic heterocycles. The molecule has 0 saturated carbocycles. The van der Waals surface area contributed by atoms with Crippen molar-refractivity contribution in [1.82, 2.24) is 35.7 Å².